The molecule has 2 aromatic carbocycles. The molecule has 1 amide bonds. The predicted molar refractivity (Wildman–Crippen MR) is 115 cm³/mol. The molecule has 0 spiro atoms. The van der Waals surface area contributed by atoms with Crippen LogP contribution in [-0.2, 0) is 4.74 Å². The maximum absolute atomic E-state index is 12.4. The fraction of sp³-hybridized carbons (Fsp3) is 0.273. The number of nitrogens with one attached hydrogen (secondary N) is 1. The van der Waals surface area contributed by atoms with Gasteiger partial charge in [0, 0.05) is 34.1 Å². The number of amides is 1. The van der Waals surface area contributed by atoms with Gasteiger partial charge in [-0.1, -0.05) is 59.6 Å². The fourth-order valence-electron chi connectivity index (χ4n) is 2.40. The Hall–Kier alpha value is -2.30. The van der Waals surface area contributed by atoms with E-state index in [-0.39, 0.29) is 18.7 Å². The van der Waals surface area contributed by atoms with E-state index in [0.29, 0.717) is 15.6 Å². The van der Waals surface area contributed by atoms with Gasteiger partial charge in [-0.3, -0.25) is 4.79 Å². The van der Waals surface area contributed by atoms with E-state index in [1.165, 1.54) is 0 Å². The van der Waals surface area contributed by atoms with Gasteiger partial charge in [-0.15, -0.1) is 0 Å². The zero-order chi connectivity index (χ0) is 20.7. The average molecular weight is 420 g/mol. The van der Waals surface area contributed by atoms with Crippen molar-refractivity contribution in [3.05, 3.63) is 69.2 Å². The molecule has 1 N–H and O–H groups in total. The molecule has 0 saturated heterocycles. The molecule has 0 bridgehead atoms. The van der Waals surface area contributed by atoms with Crippen LogP contribution in [0.5, 0.6) is 0 Å². The molecule has 0 atom stereocenters. The summed E-state index contributed by atoms with van der Waals surface area (Å²) >= 11 is 12.3. The third-order valence-electron chi connectivity index (χ3n) is 3.67. The highest BCUT2D eigenvalue weighted by Crippen LogP contribution is 2.26. The second-order valence-electron chi connectivity index (χ2n) is 7.20. The lowest BCUT2D eigenvalue weighted by molar-refractivity contribution is 0.0527. The number of carbonyl (C=O) groups is 2. The third kappa shape index (κ3) is 7.02. The van der Waals surface area contributed by atoms with Gasteiger partial charge in [-0.05, 0) is 44.5 Å². The Morgan fingerprint density at radius 2 is 1.68 bits per heavy atom. The lowest BCUT2D eigenvalue weighted by atomic mass is 10.0. The van der Waals surface area contributed by atoms with E-state index in [2.05, 4.69) is 5.32 Å². The smallest absolute Gasteiger partial charge is 0.407 e. The van der Waals surface area contributed by atoms with Crippen LogP contribution in [0.25, 0.3) is 12.2 Å². The van der Waals surface area contributed by atoms with Crippen molar-refractivity contribution in [2.75, 3.05) is 6.54 Å². The standard InChI is InChI=1S/C22H23Cl2NO3/c1-22(2,3)28-21(27)25-13-12-20(26)16-7-4-6-15(14-16)10-11-17-18(23)8-5-9-19(17)24/h4-11,14H,12-13H2,1-3H3,(H,25,27)/b11-10+. The highest BCUT2D eigenvalue weighted by atomic mass is 35.5. The molecule has 0 fully saturated rings. The number of hydrogen-bond acceptors (Lipinski definition) is 3. The zero-order valence-corrected chi connectivity index (χ0v) is 17.6. The quantitative estimate of drug-likeness (QED) is 0.443. The van der Waals surface area contributed by atoms with Crippen molar-refractivity contribution in [1.82, 2.24) is 5.32 Å². The first-order chi connectivity index (χ1) is 13.2. The van der Waals surface area contributed by atoms with Crippen molar-refractivity contribution in [2.45, 2.75) is 32.8 Å². The molecule has 0 aliphatic rings. The molecular formula is C22H23Cl2NO3. The SMILES string of the molecule is CC(C)(C)OC(=O)NCCC(=O)c1cccc(/C=C/c2c(Cl)cccc2Cl)c1. The van der Waals surface area contributed by atoms with Gasteiger partial charge in [0.15, 0.2) is 5.78 Å². The predicted octanol–water partition coefficient (Wildman–Crippen LogP) is 6.26. The van der Waals surface area contributed by atoms with Gasteiger partial charge < -0.3 is 10.1 Å². The number of Topliss-reactive ketones (excluding diaryl/α,β-unsaturated/α-hetero) is 1. The molecule has 0 radical (unpaired) electrons. The summed E-state index contributed by atoms with van der Waals surface area (Å²) < 4.78 is 5.15. The van der Waals surface area contributed by atoms with E-state index >= 15 is 0 Å². The van der Waals surface area contributed by atoms with Crippen molar-refractivity contribution in [3.8, 4) is 0 Å². The zero-order valence-electron chi connectivity index (χ0n) is 16.1. The van der Waals surface area contributed by atoms with E-state index < -0.39 is 11.7 Å². The van der Waals surface area contributed by atoms with Crippen LogP contribution in [0.4, 0.5) is 4.79 Å². The number of alkyl carbamates (subject to hydrolysis) is 1. The highest BCUT2D eigenvalue weighted by molar-refractivity contribution is 6.37. The van der Waals surface area contributed by atoms with Gasteiger partial charge in [0.05, 0.1) is 0 Å². The van der Waals surface area contributed by atoms with Gasteiger partial charge >= 0.3 is 6.09 Å². The largest absolute Gasteiger partial charge is 0.444 e. The first kappa shape index (κ1) is 22.0. The number of benzene rings is 2. The summed E-state index contributed by atoms with van der Waals surface area (Å²) in [5.74, 6) is -0.0675. The van der Waals surface area contributed by atoms with Crippen molar-refractivity contribution >= 4 is 47.2 Å². The molecule has 4 nitrogen and oxygen atoms in total. The molecule has 148 valence electrons. The first-order valence-electron chi connectivity index (χ1n) is 8.88. The summed E-state index contributed by atoms with van der Waals surface area (Å²) in [4.78, 5) is 24.0. The molecule has 0 aromatic heterocycles. The van der Waals surface area contributed by atoms with E-state index in [9.17, 15) is 9.59 Å². The molecule has 0 heterocycles. The number of ketones is 1. The maximum Gasteiger partial charge on any atom is 0.407 e. The Morgan fingerprint density at radius 1 is 1.04 bits per heavy atom. The summed E-state index contributed by atoms with van der Waals surface area (Å²) in [7, 11) is 0. The molecule has 0 aliphatic heterocycles. The Bertz CT molecular complexity index is 865. The van der Waals surface area contributed by atoms with E-state index in [1.54, 1.807) is 51.1 Å². The molecular weight excluding hydrogens is 397 g/mol. The van der Waals surface area contributed by atoms with Crippen LogP contribution in [0.2, 0.25) is 10.0 Å². The lowest BCUT2D eigenvalue weighted by Gasteiger charge is -2.19. The van der Waals surface area contributed by atoms with E-state index in [0.717, 1.165) is 11.1 Å². The van der Waals surface area contributed by atoms with Crippen molar-refractivity contribution in [1.29, 1.82) is 0 Å². The number of hydrogen-bond donors (Lipinski definition) is 1. The van der Waals surface area contributed by atoms with Crippen LogP contribution in [0.1, 0.15) is 48.7 Å². The number of rotatable bonds is 6. The maximum atomic E-state index is 12.4. The minimum atomic E-state index is -0.570. The second kappa shape index (κ2) is 9.76. The normalized spacial score (nSPS) is 11.5. The molecule has 0 aliphatic carbocycles. The van der Waals surface area contributed by atoms with Gasteiger partial charge in [-0.25, -0.2) is 4.79 Å². The lowest BCUT2D eigenvalue weighted by Crippen LogP contribution is -2.33. The molecule has 2 aromatic rings. The molecule has 6 heteroatoms. The van der Waals surface area contributed by atoms with Crippen LogP contribution >= 0.6 is 23.2 Å². The van der Waals surface area contributed by atoms with Crippen LogP contribution < -0.4 is 5.32 Å². The molecule has 0 saturated carbocycles. The second-order valence-corrected chi connectivity index (χ2v) is 8.01. The van der Waals surface area contributed by atoms with Crippen LogP contribution in [0.3, 0.4) is 0 Å². The van der Waals surface area contributed by atoms with Crippen molar-refractivity contribution in [2.24, 2.45) is 0 Å². The monoisotopic (exact) mass is 419 g/mol. The highest BCUT2D eigenvalue weighted by Gasteiger charge is 2.16. The summed E-state index contributed by atoms with van der Waals surface area (Å²) in [5.41, 5.74) is 1.57. The van der Waals surface area contributed by atoms with Gasteiger partial charge in [0.2, 0.25) is 0 Å². The molecule has 28 heavy (non-hydrogen) atoms. The Balaban J connectivity index is 1.98. The Morgan fingerprint density at radius 3 is 2.32 bits per heavy atom. The number of ether oxygens (including phenoxy) is 1. The van der Waals surface area contributed by atoms with Crippen LogP contribution in [0.15, 0.2) is 42.5 Å². The summed E-state index contributed by atoms with van der Waals surface area (Å²) in [5, 5.41) is 3.71. The summed E-state index contributed by atoms with van der Waals surface area (Å²) in [6, 6.07) is 12.5. The number of carbonyl (C=O) groups excluding carboxylic acids is 2. The Labute approximate surface area is 175 Å². The van der Waals surface area contributed by atoms with E-state index in [1.807, 2.05) is 24.3 Å². The topological polar surface area (TPSA) is 55.4 Å². The first-order valence-corrected chi connectivity index (χ1v) is 9.63. The Kier molecular flexibility index (Phi) is 7.67. The van der Waals surface area contributed by atoms with Gasteiger partial charge in [0.1, 0.15) is 5.60 Å². The minimum Gasteiger partial charge on any atom is -0.444 e. The van der Waals surface area contributed by atoms with Crippen LogP contribution in [0, 0.1) is 0 Å². The van der Waals surface area contributed by atoms with Crippen LogP contribution in [-0.4, -0.2) is 24.0 Å². The van der Waals surface area contributed by atoms with Crippen molar-refractivity contribution < 1.29 is 14.3 Å². The average Bonchev–Trinajstić information content (AvgIpc) is 2.60. The summed E-state index contributed by atoms with van der Waals surface area (Å²) in [6.45, 7) is 5.56. The van der Waals surface area contributed by atoms with Crippen molar-refractivity contribution in [3.63, 3.8) is 0 Å². The number of halogens is 2. The minimum absolute atomic E-state index is 0.0675. The fourth-order valence-corrected chi connectivity index (χ4v) is 2.93. The summed E-state index contributed by atoms with van der Waals surface area (Å²) in [6.07, 6.45) is 3.32. The van der Waals surface area contributed by atoms with Gasteiger partial charge in [0.25, 0.3) is 0 Å². The molecule has 0 unspecified atom stereocenters. The molecule has 2 rings (SSSR count). The van der Waals surface area contributed by atoms with E-state index in [4.69, 9.17) is 27.9 Å². The van der Waals surface area contributed by atoms with Gasteiger partial charge in [-0.2, -0.15) is 0 Å². The third-order valence-corrected chi connectivity index (χ3v) is 4.33.